The predicted molar refractivity (Wildman–Crippen MR) is 67.5 cm³/mol. The van der Waals surface area contributed by atoms with Gasteiger partial charge in [0.2, 0.25) is 5.95 Å². The molecule has 4 nitrogen and oxygen atoms in total. The summed E-state index contributed by atoms with van der Waals surface area (Å²) in [5.41, 5.74) is 0. The zero-order chi connectivity index (χ0) is 11.8. The smallest absolute Gasteiger partial charge is 0.242 e. The summed E-state index contributed by atoms with van der Waals surface area (Å²) in [7, 11) is 0. The molecule has 0 aromatic carbocycles. The Morgan fingerprint density at radius 2 is 2.06 bits per heavy atom. The Bertz CT molecular complexity index is 276. The number of nitrogens with one attached hydrogen (secondary N) is 1. The van der Waals surface area contributed by atoms with Crippen molar-refractivity contribution in [2.75, 3.05) is 11.9 Å². The van der Waals surface area contributed by atoms with Gasteiger partial charge in [-0.1, -0.05) is 26.7 Å². The lowest BCUT2D eigenvalue weighted by Crippen LogP contribution is -2.12. The van der Waals surface area contributed by atoms with Crippen LogP contribution in [0, 0.1) is 5.92 Å². The van der Waals surface area contributed by atoms with Gasteiger partial charge in [-0.3, -0.25) is 4.68 Å². The maximum absolute atomic E-state index is 4.28. The van der Waals surface area contributed by atoms with Gasteiger partial charge in [-0.05, 0) is 25.7 Å². The third kappa shape index (κ3) is 3.83. The van der Waals surface area contributed by atoms with Crippen LogP contribution in [0.4, 0.5) is 5.95 Å². The number of anilines is 1. The molecule has 92 valence electrons. The van der Waals surface area contributed by atoms with E-state index in [1.807, 2.05) is 18.5 Å². The van der Waals surface area contributed by atoms with E-state index in [0.717, 1.165) is 25.0 Å². The Balaban J connectivity index is 0.000000606. The molecule has 0 saturated heterocycles. The maximum Gasteiger partial charge on any atom is 0.242 e. The molecular weight excluding hydrogens is 200 g/mol. The highest BCUT2D eigenvalue weighted by atomic mass is 15.4. The topological polar surface area (TPSA) is 42.7 Å². The summed E-state index contributed by atoms with van der Waals surface area (Å²) < 4.78 is 1.84. The lowest BCUT2D eigenvalue weighted by Gasteiger charge is -2.08. The van der Waals surface area contributed by atoms with Crippen LogP contribution in [0.3, 0.4) is 0 Å². The van der Waals surface area contributed by atoms with Crippen LogP contribution in [0.5, 0.6) is 0 Å². The SMILES string of the molecule is CC.CCn1cnc(NCC2CCCC2)n1. The largest absolute Gasteiger partial charge is 0.353 e. The van der Waals surface area contributed by atoms with E-state index in [-0.39, 0.29) is 0 Å². The number of hydrogen-bond donors (Lipinski definition) is 1. The fraction of sp³-hybridized carbons (Fsp3) is 0.833. The first-order valence-electron chi connectivity index (χ1n) is 6.52. The van der Waals surface area contributed by atoms with Crippen molar-refractivity contribution in [1.29, 1.82) is 0 Å². The molecule has 0 aliphatic heterocycles. The fourth-order valence-corrected chi connectivity index (χ4v) is 1.98. The first-order valence-corrected chi connectivity index (χ1v) is 6.52. The van der Waals surface area contributed by atoms with E-state index in [2.05, 4.69) is 22.3 Å². The highest BCUT2D eigenvalue weighted by Crippen LogP contribution is 2.24. The summed E-state index contributed by atoms with van der Waals surface area (Å²) in [5.74, 6) is 1.61. The van der Waals surface area contributed by atoms with Crippen molar-refractivity contribution in [3.63, 3.8) is 0 Å². The molecule has 0 unspecified atom stereocenters. The average molecular weight is 224 g/mol. The lowest BCUT2D eigenvalue weighted by molar-refractivity contribution is 0.576. The normalized spacial score (nSPS) is 15.7. The molecule has 4 heteroatoms. The fourth-order valence-electron chi connectivity index (χ4n) is 1.98. The first kappa shape index (κ1) is 13.0. The van der Waals surface area contributed by atoms with E-state index in [1.165, 1.54) is 25.7 Å². The van der Waals surface area contributed by atoms with Gasteiger partial charge in [0.15, 0.2) is 0 Å². The quantitative estimate of drug-likeness (QED) is 0.855. The van der Waals surface area contributed by atoms with Gasteiger partial charge < -0.3 is 5.32 Å². The molecule has 1 saturated carbocycles. The van der Waals surface area contributed by atoms with Gasteiger partial charge in [0.05, 0.1) is 0 Å². The van der Waals surface area contributed by atoms with Gasteiger partial charge in [-0.2, -0.15) is 0 Å². The number of rotatable bonds is 4. The number of aromatic nitrogens is 3. The number of aryl methyl sites for hydroxylation is 1. The Labute approximate surface area is 98.5 Å². The highest BCUT2D eigenvalue weighted by molar-refractivity contribution is 5.20. The summed E-state index contributed by atoms with van der Waals surface area (Å²) in [6.07, 6.45) is 7.28. The van der Waals surface area contributed by atoms with Crippen molar-refractivity contribution in [3.05, 3.63) is 6.33 Å². The molecular formula is C12H24N4. The third-order valence-corrected chi connectivity index (χ3v) is 2.88. The van der Waals surface area contributed by atoms with E-state index in [9.17, 15) is 0 Å². The number of nitrogens with zero attached hydrogens (tertiary/aromatic N) is 3. The number of hydrogen-bond acceptors (Lipinski definition) is 3. The van der Waals surface area contributed by atoms with Crippen LogP contribution in [-0.2, 0) is 6.54 Å². The van der Waals surface area contributed by atoms with Crippen LogP contribution in [0.25, 0.3) is 0 Å². The second kappa shape index (κ2) is 7.25. The molecule has 0 bridgehead atoms. The third-order valence-electron chi connectivity index (χ3n) is 2.88. The van der Waals surface area contributed by atoms with Crippen LogP contribution < -0.4 is 5.32 Å². The second-order valence-electron chi connectivity index (χ2n) is 3.96. The second-order valence-corrected chi connectivity index (χ2v) is 3.96. The highest BCUT2D eigenvalue weighted by Gasteiger charge is 2.14. The van der Waals surface area contributed by atoms with Gasteiger partial charge in [-0.25, -0.2) is 4.98 Å². The Morgan fingerprint density at radius 1 is 1.38 bits per heavy atom. The molecule has 1 fully saturated rings. The van der Waals surface area contributed by atoms with Crippen molar-refractivity contribution in [2.24, 2.45) is 5.92 Å². The molecule has 1 heterocycles. The average Bonchev–Trinajstić information content (AvgIpc) is 3.00. The van der Waals surface area contributed by atoms with Crippen LogP contribution in [0.1, 0.15) is 46.5 Å². The Hall–Kier alpha value is -1.06. The molecule has 0 radical (unpaired) electrons. The van der Waals surface area contributed by atoms with E-state index in [4.69, 9.17) is 0 Å². The molecule has 1 N–H and O–H groups in total. The van der Waals surface area contributed by atoms with Gasteiger partial charge in [-0.15, -0.1) is 5.10 Å². The standard InChI is InChI=1S/C10H18N4.C2H6/c1-2-14-8-12-10(13-14)11-7-9-5-3-4-6-9;1-2/h8-9H,2-7H2,1H3,(H,11,13);1-2H3. The molecule has 16 heavy (non-hydrogen) atoms. The summed E-state index contributed by atoms with van der Waals surface area (Å²) in [6.45, 7) is 7.99. The van der Waals surface area contributed by atoms with Crippen LogP contribution in [0.2, 0.25) is 0 Å². The monoisotopic (exact) mass is 224 g/mol. The minimum absolute atomic E-state index is 0.777. The summed E-state index contributed by atoms with van der Waals surface area (Å²) >= 11 is 0. The Morgan fingerprint density at radius 3 is 2.62 bits per heavy atom. The van der Waals surface area contributed by atoms with Crippen molar-refractivity contribution < 1.29 is 0 Å². The van der Waals surface area contributed by atoms with Crippen molar-refractivity contribution in [3.8, 4) is 0 Å². The van der Waals surface area contributed by atoms with E-state index < -0.39 is 0 Å². The molecule has 1 aromatic heterocycles. The molecule has 0 atom stereocenters. The Kier molecular flexibility index (Phi) is 5.90. The van der Waals surface area contributed by atoms with Crippen molar-refractivity contribution >= 4 is 5.95 Å². The molecule has 0 amide bonds. The van der Waals surface area contributed by atoms with Gasteiger partial charge in [0.25, 0.3) is 0 Å². The zero-order valence-electron chi connectivity index (χ0n) is 10.7. The van der Waals surface area contributed by atoms with E-state index >= 15 is 0 Å². The molecule has 0 spiro atoms. The summed E-state index contributed by atoms with van der Waals surface area (Å²) in [4.78, 5) is 4.19. The minimum Gasteiger partial charge on any atom is -0.353 e. The summed E-state index contributed by atoms with van der Waals surface area (Å²) in [5, 5.41) is 7.58. The van der Waals surface area contributed by atoms with Crippen LogP contribution in [0.15, 0.2) is 6.33 Å². The molecule has 1 aliphatic rings. The van der Waals surface area contributed by atoms with Crippen LogP contribution >= 0.6 is 0 Å². The lowest BCUT2D eigenvalue weighted by atomic mass is 10.1. The van der Waals surface area contributed by atoms with Gasteiger partial charge in [0, 0.05) is 13.1 Å². The molecule has 1 aromatic rings. The minimum atomic E-state index is 0.777. The van der Waals surface area contributed by atoms with Crippen molar-refractivity contribution in [1.82, 2.24) is 14.8 Å². The summed E-state index contributed by atoms with van der Waals surface area (Å²) in [6, 6.07) is 0. The molecule has 2 rings (SSSR count). The molecule has 1 aliphatic carbocycles. The van der Waals surface area contributed by atoms with E-state index in [0.29, 0.717) is 0 Å². The maximum atomic E-state index is 4.28. The predicted octanol–water partition coefficient (Wildman–Crippen LogP) is 2.93. The van der Waals surface area contributed by atoms with Gasteiger partial charge >= 0.3 is 0 Å². The van der Waals surface area contributed by atoms with Crippen LogP contribution in [-0.4, -0.2) is 21.3 Å². The van der Waals surface area contributed by atoms with Crippen molar-refractivity contribution in [2.45, 2.75) is 53.0 Å². The first-order chi connectivity index (χ1) is 7.88. The zero-order valence-corrected chi connectivity index (χ0v) is 10.7. The van der Waals surface area contributed by atoms with Gasteiger partial charge in [0.1, 0.15) is 6.33 Å². The van der Waals surface area contributed by atoms with E-state index in [1.54, 1.807) is 6.33 Å².